The zero-order chi connectivity index (χ0) is 13.7. The van der Waals surface area contributed by atoms with E-state index in [1.165, 1.54) is 12.3 Å². The van der Waals surface area contributed by atoms with Gasteiger partial charge >= 0.3 is 0 Å². The van der Waals surface area contributed by atoms with Crippen molar-refractivity contribution in [3.05, 3.63) is 17.8 Å². The number of nitrogens with one attached hydrogen (secondary N) is 1. The molecule has 7 heteroatoms. The van der Waals surface area contributed by atoms with Gasteiger partial charge in [-0.3, -0.25) is 9.59 Å². The minimum absolute atomic E-state index is 0.0657. The Morgan fingerprint density at radius 2 is 2.17 bits per heavy atom. The number of pyridine rings is 1. The van der Waals surface area contributed by atoms with Gasteiger partial charge in [0.1, 0.15) is 5.82 Å². The van der Waals surface area contributed by atoms with Crippen molar-refractivity contribution in [1.82, 2.24) is 9.88 Å². The van der Waals surface area contributed by atoms with Crippen LogP contribution in [0.5, 0.6) is 0 Å². The van der Waals surface area contributed by atoms with Crippen molar-refractivity contribution in [1.29, 1.82) is 0 Å². The zero-order valence-electron chi connectivity index (χ0n) is 10.4. The van der Waals surface area contributed by atoms with Crippen molar-refractivity contribution < 1.29 is 9.59 Å². The molecule has 0 spiro atoms. The summed E-state index contributed by atoms with van der Waals surface area (Å²) >= 11 is 0. The number of likely N-dealkylation sites (N-methyl/N-ethyl adjacent to an activating group) is 1. The highest BCUT2D eigenvalue weighted by Crippen LogP contribution is 2.15. The van der Waals surface area contributed by atoms with Crippen molar-refractivity contribution >= 4 is 23.3 Å². The second-order valence-electron chi connectivity index (χ2n) is 3.78. The molecule has 0 aliphatic heterocycles. The van der Waals surface area contributed by atoms with E-state index >= 15 is 0 Å². The highest BCUT2D eigenvalue weighted by Gasteiger charge is 2.12. The third-order valence-electron chi connectivity index (χ3n) is 2.52. The first kappa shape index (κ1) is 13.8. The van der Waals surface area contributed by atoms with Crippen molar-refractivity contribution in [2.75, 3.05) is 31.2 Å². The van der Waals surface area contributed by atoms with Crippen LogP contribution in [0.4, 0.5) is 11.5 Å². The summed E-state index contributed by atoms with van der Waals surface area (Å²) in [7, 11) is 1.69. The molecule has 5 N–H and O–H groups in total. The Kier molecular flexibility index (Phi) is 4.47. The Morgan fingerprint density at radius 1 is 1.50 bits per heavy atom. The number of nitrogens with zero attached hydrogens (tertiary/aromatic N) is 2. The maximum atomic E-state index is 11.6. The number of carbonyl (C=O) groups excluding carboxylic acids is 2. The highest BCUT2D eigenvalue weighted by atomic mass is 16.2. The van der Waals surface area contributed by atoms with Gasteiger partial charge in [-0.25, -0.2) is 4.98 Å². The predicted molar refractivity (Wildman–Crippen MR) is 69.0 cm³/mol. The van der Waals surface area contributed by atoms with Crippen LogP contribution in [0.2, 0.25) is 0 Å². The molecule has 2 amide bonds. The Hall–Kier alpha value is -2.31. The Bertz CT molecular complexity index is 461. The van der Waals surface area contributed by atoms with Crippen LogP contribution in [0.3, 0.4) is 0 Å². The second-order valence-corrected chi connectivity index (χ2v) is 3.78. The molecule has 1 heterocycles. The molecule has 0 aliphatic carbocycles. The van der Waals surface area contributed by atoms with E-state index in [1.807, 2.05) is 6.92 Å². The molecule has 0 unspecified atom stereocenters. The number of rotatable bonds is 5. The van der Waals surface area contributed by atoms with E-state index < -0.39 is 5.91 Å². The monoisotopic (exact) mass is 251 g/mol. The van der Waals surface area contributed by atoms with E-state index in [9.17, 15) is 9.59 Å². The van der Waals surface area contributed by atoms with Gasteiger partial charge < -0.3 is 21.7 Å². The number of anilines is 2. The quantitative estimate of drug-likeness (QED) is 0.662. The molecule has 1 aromatic heterocycles. The minimum Gasteiger partial charge on any atom is -0.384 e. The number of nitrogen functional groups attached to an aromatic ring is 1. The van der Waals surface area contributed by atoms with Crippen LogP contribution in [0, 0.1) is 0 Å². The molecule has 0 radical (unpaired) electrons. The maximum absolute atomic E-state index is 11.6. The predicted octanol–water partition coefficient (Wildman–Crippen LogP) is -0.347. The zero-order valence-corrected chi connectivity index (χ0v) is 10.4. The largest absolute Gasteiger partial charge is 0.384 e. The molecule has 0 atom stereocenters. The van der Waals surface area contributed by atoms with Crippen LogP contribution in [-0.4, -0.2) is 41.8 Å². The first-order valence-electron chi connectivity index (χ1n) is 5.48. The lowest BCUT2D eigenvalue weighted by Crippen LogP contribution is -2.32. The average molecular weight is 251 g/mol. The summed E-state index contributed by atoms with van der Waals surface area (Å²) in [6, 6.07) is 1.37. The minimum atomic E-state index is -0.622. The van der Waals surface area contributed by atoms with Crippen LogP contribution in [0.1, 0.15) is 17.3 Å². The molecule has 18 heavy (non-hydrogen) atoms. The van der Waals surface area contributed by atoms with Gasteiger partial charge in [-0.1, -0.05) is 0 Å². The molecule has 0 saturated heterocycles. The summed E-state index contributed by atoms with van der Waals surface area (Å²) in [6.07, 6.45) is 1.38. The van der Waals surface area contributed by atoms with Crippen molar-refractivity contribution in [3.8, 4) is 0 Å². The summed E-state index contributed by atoms with van der Waals surface area (Å²) in [5.41, 5.74) is 11.3. The fourth-order valence-electron chi connectivity index (χ4n) is 1.30. The number of aromatic nitrogens is 1. The maximum Gasteiger partial charge on any atom is 0.250 e. The van der Waals surface area contributed by atoms with Gasteiger partial charge in [0.05, 0.1) is 24.0 Å². The Balaban J connectivity index is 2.79. The SMILES string of the molecule is CCN(C)C(=O)CNc1cnc(N)cc1C(N)=O. The summed E-state index contributed by atoms with van der Waals surface area (Å²) in [4.78, 5) is 28.2. The van der Waals surface area contributed by atoms with Gasteiger partial charge in [0.15, 0.2) is 0 Å². The smallest absolute Gasteiger partial charge is 0.250 e. The Labute approximate surface area is 105 Å². The normalized spacial score (nSPS) is 9.89. The van der Waals surface area contributed by atoms with E-state index in [0.29, 0.717) is 12.2 Å². The summed E-state index contributed by atoms with van der Waals surface area (Å²) < 4.78 is 0. The van der Waals surface area contributed by atoms with Gasteiger partial charge in [-0.15, -0.1) is 0 Å². The van der Waals surface area contributed by atoms with Crippen LogP contribution >= 0.6 is 0 Å². The lowest BCUT2D eigenvalue weighted by molar-refractivity contribution is -0.127. The fourth-order valence-corrected chi connectivity index (χ4v) is 1.30. The molecule has 0 saturated carbocycles. The molecular weight excluding hydrogens is 234 g/mol. The van der Waals surface area contributed by atoms with Gasteiger partial charge in [0.25, 0.3) is 5.91 Å². The number of amides is 2. The number of hydrogen-bond donors (Lipinski definition) is 3. The van der Waals surface area contributed by atoms with Crippen molar-refractivity contribution in [2.45, 2.75) is 6.92 Å². The molecule has 1 aromatic rings. The summed E-state index contributed by atoms with van der Waals surface area (Å²) in [6.45, 7) is 2.55. The number of carbonyl (C=O) groups is 2. The van der Waals surface area contributed by atoms with Crippen LogP contribution in [0.15, 0.2) is 12.3 Å². The fraction of sp³-hybridized carbons (Fsp3) is 0.364. The molecule has 0 fully saturated rings. The van der Waals surface area contributed by atoms with E-state index in [4.69, 9.17) is 11.5 Å². The molecule has 0 aromatic carbocycles. The van der Waals surface area contributed by atoms with E-state index in [1.54, 1.807) is 11.9 Å². The third kappa shape index (κ3) is 3.34. The second kappa shape index (κ2) is 5.85. The van der Waals surface area contributed by atoms with Crippen LogP contribution < -0.4 is 16.8 Å². The number of primary amides is 1. The topological polar surface area (TPSA) is 114 Å². The summed E-state index contributed by atoms with van der Waals surface area (Å²) in [5.74, 6) is -0.515. The van der Waals surface area contributed by atoms with Gasteiger partial charge in [-0.2, -0.15) is 0 Å². The number of nitrogens with two attached hydrogens (primary N) is 2. The van der Waals surface area contributed by atoms with Gasteiger partial charge in [-0.05, 0) is 13.0 Å². The van der Waals surface area contributed by atoms with Crippen molar-refractivity contribution in [3.63, 3.8) is 0 Å². The third-order valence-corrected chi connectivity index (χ3v) is 2.52. The van der Waals surface area contributed by atoms with Crippen LogP contribution in [0.25, 0.3) is 0 Å². The van der Waals surface area contributed by atoms with E-state index in [2.05, 4.69) is 10.3 Å². The van der Waals surface area contributed by atoms with Crippen molar-refractivity contribution in [2.24, 2.45) is 5.73 Å². The first-order chi connectivity index (χ1) is 8.45. The van der Waals surface area contributed by atoms with Gasteiger partial charge in [0.2, 0.25) is 5.91 Å². The molecule has 1 rings (SSSR count). The highest BCUT2D eigenvalue weighted by molar-refractivity contribution is 5.99. The lowest BCUT2D eigenvalue weighted by Gasteiger charge is -2.16. The lowest BCUT2D eigenvalue weighted by atomic mass is 10.2. The summed E-state index contributed by atoms with van der Waals surface area (Å²) in [5, 5.41) is 2.83. The first-order valence-corrected chi connectivity index (χ1v) is 5.48. The van der Waals surface area contributed by atoms with Crippen LogP contribution in [-0.2, 0) is 4.79 Å². The standard InChI is InChI=1S/C11H17N5O2/c1-3-16(2)10(17)6-14-8-5-15-9(12)4-7(8)11(13)18/h4-5,14H,3,6H2,1-2H3,(H2,12,15)(H2,13,18). The Morgan fingerprint density at radius 3 is 2.72 bits per heavy atom. The average Bonchev–Trinajstić information content (AvgIpc) is 2.35. The van der Waals surface area contributed by atoms with E-state index in [-0.39, 0.29) is 23.8 Å². The van der Waals surface area contributed by atoms with Gasteiger partial charge in [0, 0.05) is 13.6 Å². The molecule has 0 aliphatic rings. The van der Waals surface area contributed by atoms with E-state index in [0.717, 1.165) is 0 Å². The molecule has 7 nitrogen and oxygen atoms in total. The number of hydrogen-bond acceptors (Lipinski definition) is 5. The molecular formula is C11H17N5O2. The molecule has 0 bridgehead atoms. The molecule has 98 valence electrons.